The number of halogens is 1. The molecule has 0 aliphatic heterocycles. The molecule has 86 valence electrons. The highest BCUT2D eigenvalue weighted by Gasteiger charge is 2.15. The third kappa shape index (κ3) is 1.47. The van der Waals surface area contributed by atoms with E-state index in [4.69, 9.17) is 26.2 Å². The highest BCUT2D eigenvalue weighted by atomic mass is 35.5. The van der Waals surface area contributed by atoms with Crippen LogP contribution in [0.4, 0.5) is 0 Å². The number of fused-ring (bicyclic) bond motifs is 2. The monoisotopic (exact) mass is 247 g/mol. The summed E-state index contributed by atoms with van der Waals surface area (Å²) in [7, 11) is 0. The van der Waals surface area contributed by atoms with E-state index in [0.29, 0.717) is 17.2 Å². The van der Waals surface area contributed by atoms with E-state index in [2.05, 4.69) is 0 Å². The van der Waals surface area contributed by atoms with E-state index in [0.717, 1.165) is 21.9 Å². The van der Waals surface area contributed by atoms with Gasteiger partial charge in [0.25, 0.3) is 0 Å². The molecule has 0 amide bonds. The van der Waals surface area contributed by atoms with E-state index in [9.17, 15) is 0 Å². The molecule has 0 atom stereocenters. The average Bonchev–Trinajstić information content (AvgIpc) is 2.97. The Bertz CT molecular complexity index is 657. The molecular weight excluding hydrogens is 238 g/mol. The van der Waals surface area contributed by atoms with Crippen LogP contribution in [0.25, 0.3) is 28.0 Å². The van der Waals surface area contributed by atoms with Gasteiger partial charge in [0.05, 0.1) is 17.5 Å². The first-order valence-corrected chi connectivity index (χ1v) is 5.63. The van der Waals surface area contributed by atoms with Crippen molar-refractivity contribution in [1.82, 2.24) is 0 Å². The van der Waals surface area contributed by atoms with Gasteiger partial charge in [0.15, 0.2) is 5.58 Å². The number of rotatable bonds is 2. The van der Waals surface area contributed by atoms with Crippen LogP contribution in [0.15, 0.2) is 39.6 Å². The molecule has 0 aliphatic carbocycles. The van der Waals surface area contributed by atoms with Crippen molar-refractivity contribution in [2.75, 3.05) is 6.54 Å². The molecule has 17 heavy (non-hydrogen) atoms. The second-order valence-electron chi connectivity index (χ2n) is 3.69. The Morgan fingerprint density at radius 2 is 1.82 bits per heavy atom. The molecule has 2 N–H and O–H groups in total. The second-order valence-corrected chi connectivity index (χ2v) is 4.07. The van der Waals surface area contributed by atoms with Crippen LogP contribution in [-0.2, 0) is 0 Å². The van der Waals surface area contributed by atoms with Crippen molar-refractivity contribution in [2.24, 2.45) is 5.73 Å². The van der Waals surface area contributed by atoms with E-state index in [-0.39, 0.29) is 0 Å². The van der Waals surface area contributed by atoms with Crippen LogP contribution >= 0.6 is 11.6 Å². The number of furan rings is 2. The van der Waals surface area contributed by atoms with Gasteiger partial charge in [-0.1, -0.05) is 23.8 Å². The predicted octanol–water partition coefficient (Wildman–Crippen LogP) is 3.80. The summed E-state index contributed by atoms with van der Waals surface area (Å²) in [5.41, 5.74) is 7.86. The van der Waals surface area contributed by atoms with Crippen molar-refractivity contribution in [1.29, 1.82) is 0 Å². The summed E-state index contributed by atoms with van der Waals surface area (Å²) in [6.07, 6.45) is 7.04. The summed E-state index contributed by atoms with van der Waals surface area (Å²) in [6, 6.07) is 3.71. The minimum Gasteiger partial charge on any atom is -0.464 e. The van der Waals surface area contributed by atoms with Gasteiger partial charge in [-0.3, -0.25) is 0 Å². The van der Waals surface area contributed by atoms with Crippen LogP contribution in [0.3, 0.4) is 0 Å². The minimum absolute atomic E-state index is 0.476. The Kier molecular flexibility index (Phi) is 2.42. The van der Waals surface area contributed by atoms with Crippen molar-refractivity contribution in [3.05, 3.63) is 41.3 Å². The van der Waals surface area contributed by atoms with Gasteiger partial charge in [-0.15, -0.1) is 0 Å². The molecule has 3 rings (SSSR count). The average molecular weight is 248 g/mol. The van der Waals surface area contributed by atoms with Crippen molar-refractivity contribution in [3.8, 4) is 0 Å². The van der Waals surface area contributed by atoms with E-state index in [1.54, 1.807) is 12.5 Å². The van der Waals surface area contributed by atoms with Gasteiger partial charge in [-0.25, -0.2) is 0 Å². The van der Waals surface area contributed by atoms with Crippen LogP contribution in [0.1, 0.15) is 5.56 Å². The predicted molar refractivity (Wildman–Crippen MR) is 69.1 cm³/mol. The highest BCUT2D eigenvalue weighted by Crippen LogP contribution is 2.37. The Balaban J connectivity index is 2.48. The first kappa shape index (κ1) is 10.4. The van der Waals surface area contributed by atoms with E-state index < -0.39 is 0 Å². The van der Waals surface area contributed by atoms with E-state index >= 15 is 0 Å². The molecular formula is C13H10ClNO2. The molecule has 2 heterocycles. The summed E-state index contributed by atoms with van der Waals surface area (Å²) >= 11 is 6.26. The van der Waals surface area contributed by atoms with Crippen LogP contribution in [0, 0.1) is 0 Å². The molecule has 1 aromatic carbocycles. The summed E-state index contributed by atoms with van der Waals surface area (Å²) in [5, 5.41) is 2.37. The van der Waals surface area contributed by atoms with Crippen LogP contribution < -0.4 is 5.73 Å². The number of hydrogen-bond acceptors (Lipinski definition) is 3. The third-order valence-electron chi connectivity index (χ3n) is 2.72. The lowest BCUT2D eigenvalue weighted by Crippen LogP contribution is -1.92. The summed E-state index contributed by atoms with van der Waals surface area (Å²) in [6.45, 7) is 0.476. The normalized spacial score (nSPS) is 12.1. The van der Waals surface area contributed by atoms with Gasteiger partial charge in [0.2, 0.25) is 0 Å². The Morgan fingerprint density at radius 3 is 2.59 bits per heavy atom. The maximum Gasteiger partial charge on any atom is 0.153 e. The zero-order valence-electron chi connectivity index (χ0n) is 8.94. The fraction of sp³-hybridized carbons (Fsp3) is 0.0769. The number of benzene rings is 1. The molecule has 3 aromatic rings. The minimum atomic E-state index is 0.476. The quantitative estimate of drug-likeness (QED) is 0.749. The largest absolute Gasteiger partial charge is 0.464 e. The third-order valence-corrected chi connectivity index (χ3v) is 3.10. The Morgan fingerprint density at radius 1 is 1.12 bits per heavy atom. The summed E-state index contributed by atoms with van der Waals surface area (Å²) in [4.78, 5) is 0. The summed E-state index contributed by atoms with van der Waals surface area (Å²) < 4.78 is 10.9. The SMILES string of the molecule is NC/C=C/c1c2ccoc2c(Cl)c2ccoc12. The lowest BCUT2D eigenvalue weighted by Gasteiger charge is -2.01. The lowest BCUT2D eigenvalue weighted by molar-refractivity contribution is 0.612. The van der Waals surface area contributed by atoms with E-state index in [1.807, 2.05) is 24.3 Å². The van der Waals surface area contributed by atoms with Gasteiger partial charge in [0.1, 0.15) is 5.58 Å². The van der Waals surface area contributed by atoms with Gasteiger partial charge < -0.3 is 14.6 Å². The molecule has 0 aliphatic rings. The Labute approximate surface area is 102 Å². The van der Waals surface area contributed by atoms with Gasteiger partial charge in [-0.05, 0) is 12.1 Å². The zero-order valence-corrected chi connectivity index (χ0v) is 9.70. The number of hydrogen-bond donors (Lipinski definition) is 1. The van der Waals surface area contributed by atoms with E-state index in [1.165, 1.54) is 0 Å². The molecule has 0 spiro atoms. The lowest BCUT2D eigenvalue weighted by atomic mass is 10.1. The van der Waals surface area contributed by atoms with Gasteiger partial charge >= 0.3 is 0 Å². The molecule has 3 nitrogen and oxygen atoms in total. The smallest absolute Gasteiger partial charge is 0.153 e. The van der Waals surface area contributed by atoms with Gasteiger partial charge in [0, 0.05) is 22.9 Å². The van der Waals surface area contributed by atoms with Crippen LogP contribution in [-0.4, -0.2) is 6.54 Å². The molecule has 0 radical (unpaired) electrons. The van der Waals surface area contributed by atoms with Crippen LogP contribution in [0.5, 0.6) is 0 Å². The van der Waals surface area contributed by atoms with Crippen LogP contribution in [0.2, 0.25) is 5.02 Å². The first-order valence-electron chi connectivity index (χ1n) is 5.25. The fourth-order valence-electron chi connectivity index (χ4n) is 1.98. The maximum absolute atomic E-state index is 6.26. The Hall–Kier alpha value is -1.71. The molecule has 4 heteroatoms. The van der Waals surface area contributed by atoms with Crippen molar-refractivity contribution in [3.63, 3.8) is 0 Å². The fourth-order valence-corrected chi connectivity index (χ4v) is 2.27. The molecule has 0 unspecified atom stereocenters. The van der Waals surface area contributed by atoms with Crippen molar-refractivity contribution >= 4 is 39.6 Å². The van der Waals surface area contributed by atoms with Gasteiger partial charge in [-0.2, -0.15) is 0 Å². The standard InChI is InChI=1S/C13H10ClNO2/c14-11-10-4-7-16-12(10)8(2-1-5-15)9-3-6-17-13(9)11/h1-4,6-7H,5,15H2/b2-1+. The topological polar surface area (TPSA) is 52.3 Å². The van der Waals surface area contributed by atoms with Crippen molar-refractivity contribution < 1.29 is 8.83 Å². The molecule has 2 aromatic heterocycles. The zero-order chi connectivity index (χ0) is 11.8. The van der Waals surface area contributed by atoms with Crippen molar-refractivity contribution in [2.45, 2.75) is 0 Å². The molecule has 0 fully saturated rings. The first-order chi connectivity index (χ1) is 8.33. The highest BCUT2D eigenvalue weighted by molar-refractivity contribution is 6.40. The maximum atomic E-state index is 6.26. The molecule has 0 saturated heterocycles. The number of nitrogens with two attached hydrogens (primary N) is 1. The molecule has 0 saturated carbocycles. The molecule has 0 bridgehead atoms. The second kappa shape index (κ2) is 3.95. The summed E-state index contributed by atoms with van der Waals surface area (Å²) in [5.74, 6) is 0.